The summed E-state index contributed by atoms with van der Waals surface area (Å²) < 4.78 is 38.5. The predicted octanol–water partition coefficient (Wildman–Crippen LogP) is 2.50. The number of carbonyl (C=O) groups is 1. The zero-order valence-corrected chi connectivity index (χ0v) is 10.0. The van der Waals surface area contributed by atoms with E-state index in [1.54, 1.807) is 0 Å². The Bertz CT molecular complexity index is 724. The minimum atomic E-state index is -4.70. The molecular formula is C11H6F3N3O4. The van der Waals surface area contributed by atoms with Crippen molar-refractivity contribution in [3.63, 3.8) is 0 Å². The molecule has 110 valence electrons. The second kappa shape index (κ2) is 4.89. The number of nitro groups is 1. The van der Waals surface area contributed by atoms with E-state index in [2.05, 4.69) is 5.10 Å². The molecule has 0 fully saturated rings. The summed E-state index contributed by atoms with van der Waals surface area (Å²) in [6.45, 7) is 0. The van der Waals surface area contributed by atoms with Crippen LogP contribution in [0.4, 0.5) is 18.9 Å². The molecule has 0 saturated carbocycles. The van der Waals surface area contributed by atoms with Crippen molar-refractivity contribution in [2.75, 3.05) is 0 Å². The quantitative estimate of drug-likeness (QED) is 0.693. The molecule has 2 rings (SSSR count). The fraction of sp³-hybridized carbons (Fsp3) is 0.0909. The molecule has 0 amide bonds. The van der Waals surface area contributed by atoms with Gasteiger partial charge in [-0.25, -0.2) is 9.48 Å². The normalized spacial score (nSPS) is 11.4. The number of carboxylic acids is 1. The first kappa shape index (κ1) is 14.5. The van der Waals surface area contributed by atoms with E-state index in [9.17, 15) is 28.1 Å². The molecule has 0 aliphatic rings. The maximum Gasteiger partial charge on any atom is 0.416 e. The van der Waals surface area contributed by atoms with Crippen molar-refractivity contribution >= 4 is 11.7 Å². The van der Waals surface area contributed by atoms with Gasteiger partial charge in [0.2, 0.25) is 0 Å². The molecule has 1 aromatic heterocycles. The second-order valence-corrected chi connectivity index (χ2v) is 3.94. The molecule has 0 aliphatic heterocycles. The Morgan fingerprint density at radius 3 is 2.52 bits per heavy atom. The highest BCUT2D eigenvalue weighted by atomic mass is 19.4. The van der Waals surface area contributed by atoms with Gasteiger partial charge in [0.05, 0.1) is 21.7 Å². The molecule has 0 atom stereocenters. The lowest BCUT2D eigenvalue weighted by Gasteiger charge is -2.10. The second-order valence-electron chi connectivity index (χ2n) is 3.94. The zero-order chi connectivity index (χ0) is 15.8. The zero-order valence-electron chi connectivity index (χ0n) is 10.0. The van der Waals surface area contributed by atoms with E-state index in [0.29, 0.717) is 12.1 Å². The number of nitrogens with zero attached hydrogens (tertiary/aromatic N) is 3. The maximum atomic E-state index is 12.6. The number of aromatic carboxylic acids is 1. The van der Waals surface area contributed by atoms with Gasteiger partial charge in [-0.15, -0.1) is 0 Å². The van der Waals surface area contributed by atoms with Gasteiger partial charge in [0.15, 0.2) is 0 Å². The summed E-state index contributed by atoms with van der Waals surface area (Å²) in [5.41, 5.74) is -2.41. The standard InChI is InChI=1S/C11H6F3N3O4/c12-11(13,14)6-1-2-9(8(3-6)10(18)19)16-5-7(4-15-16)17(20)21/h1-5H,(H,18,19). The Balaban J connectivity index is 2.57. The molecule has 0 radical (unpaired) electrons. The molecule has 2 aromatic rings. The smallest absolute Gasteiger partial charge is 0.416 e. The van der Waals surface area contributed by atoms with Crippen molar-refractivity contribution in [2.24, 2.45) is 0 Å². The van der Waals surface area contributed by atoms with Crippen molar-refractivity contribution in [2.45, 2.75) is 6.18 Å². The van der Waals surface area contributed by atoms with Crippen LogP contribution in [0.15, 0.2) is 30.6 Å². The highest BCUT2D eigenvalue weighted by molar-refractivity contribution is 5.92. The van der Waals surface area contributed by atoms with Crippen LogP contribution in [0.2, 0.25) is 0 Å². The molecule has 0 aliphatic carbocycles. The first-order valence-corrected chi connectivity index (χ1v) is 5.34. The van der Waals surface area contributed by atoms with Gasteiger partial charge >= 0.3 is 17.8 Å². The lowest BCUT2D eigenvalue weighted by molar-refractivity contribution is -0.384. The van der Waals surface area contributed by atoms with Crippen LogP contribution in [0.1, 0.15) is 15.9 Å². The van der Waals surface area contributed by atoms with Crippen LogP contribution in [0.5, 0.6) is 0 Å². The third kappa shape index (κ3) is 2.83. The van der Waals surface area contributed by atoms with Gasteiger partial charge < -0.3 is 5.11 Å². The average Bonchev–Trinajstić information content (AvgIpc) is 2.86. The molecule has 21 heavy (non-hydrogen) atoms. The van der Waals surface area contributed by atoms with Crippen LogP contribution in [0.25, 0.3) is 5.69 Å². The first-order chi connectivity index (χ1) is 9.70. The highest BCUT2D eigenvalue weighted by Crippen LogP contribution is 2.31. The van der Waals surface area contributed by atoms with Gasteiger partial charge in [0.1, 0.15) is 12.4 Å². The van der Waals surface area contributed by atoms with Crippen LogP contribution < -0.4 is 0 Å². The van der Waals surface area contributed by atoms with E-state index in [0.717, 1.165) is 23.1 Å². The van der Waals surface area contributed by atoms with Gasteiger partial charge in [-0.1, -0.05) is 0 Å². The summed E-state index contributed by atoms with van der Waals surface area (Å²) in [6.07, 6.45) is -2.92. The predicted molar refractivity (Wildman–Crippen MR) is 62.2 cm³/mol. The number of aromatic nitrogens is 2. The molecule has 1 aromatic carbocycles. The summed E-state index contributed by atoms with van der Waals surface area (Å²) >= 11 is 0. The topological polar surface area (TPSA) is 98.3 Å². The third-order valence-corrected chi connectivity index (χ3v) is 2.58. The third-order valence-electron chi connectivity index (χ3n) is 2.58. The maximum absolute atomic E-state index is 12.6. The monoisotopic (exact) mass is 301 g/mol. The van der Waals surface area contributed by atoms with E-state index in [4.69, 9.17) is 5.11 Å². The number of rotatable bonds is 3. The Labute approximate surface area is 114 Å². The molecule has 0 saturated heterocycles. The fourth-order valence-corrected chi connectivity index (χ4v) is 1.62. The average molecular weight is 301 g/mol. The van der Waals surface area contributed by atoms with Gasteiger partial charge in [-0.3, -0.25) is 10.1 Å². The van der Waals surface area contributed by atoms with E-state index in [1.807, 2.05) is 0 Å². The minimum Gasteiger partial charge on any atom is -0.478 e. The molecule has 0 bridgehead atoms. The molecule has 1 N–H and O–H groups in total. The summed E-state index contributed by atoms with van der Waals surface area (Å²) in [7, 11) is 0. The Hall–Kier alpha value is -2.91. The van der Waals surface area contributed by atoms with Gasteiger partial charge in [0.25, 0.3) is 0 Å². The molecule has 0 unspecified atom stereocenters. The van der Waals surface area contributed by atoms with Crippen LogP contribution >= 0.6 is 0 Å². The van der Waals surface area contributed by atoms with Gasteiger partial charge in [-0.2, -0.15) is 18.3 Å². The Kier molecular flexibility index (Phi) is 3.37. The van der Waals surface area contributed by atoms with Crippen LogP contribution in [-0.4, -0.2) is 25.8 Å². The summed E-state index contributed by atoms with van der Waals surface area (Å²) in [4.78, 5) is 20.9. The van der Waals surface area contributed by atoms with Crippen molar-refractivity contribution in [3.8, 4) is 5.69 Å². The number of alkyl halides is 3. The minimum absolute atomic E-state index is 0.205. The highest BCUT2D eigenvalue weighted by Gasteiger charge is 2.32. The number of hydrogen-bond donors (Lipinski definition) is 1. The summed E-state index contributed by atoms with van der Waals surface area (Å²) in [6, 6.07) is 2.02. The van der Waals surface area contributed by atoms with E-state index >= 15 is 0 Å². The van der Waals surface area contributed by atoms with Gasteiger partial charge in [-0.05, 0) is 18.2 Å². The van der Waals surface area contributed by atoms with E-state index < -0.39 is 33.9 Å². The van der Waals surface area contributed by atoms with Crippen molar-refractivity contribution in [3.05, 3.63) is 51.8 Å². The first-order valence-electron chi connectivity index (χ1n) is 5.34. The lowest BCUT2D eigenvalue weighted by Crippen LogP contribution is -2.11. The summed E-state index contributed by atoms with van der Waals surface area (Å²) in [5, 5.41) is 23.1. The van der Waals surface area contributed by atoms with E-state index in [1.165, 1.54) is 0 Å². The number of carboxylic acid groups (broad SMARTS) is 1. The number of halogens is 3. The lowest BCUT2D eigenvalue weighted by atomic mass is 10.1. The molecule has 10 heteroatoms. The molecule has 1 heterocycles. The molecule has 0 spiro atoms. The van der Waals surface area contributed by atoms with Crippen molar-refractivity contribution < 1.29 is 28.0 Å². The molecule has 7 nitrogen and oxygen atoms in total. The van der Waals surface area contributed by atoms with E-state index in [-0.39, 0.29) is 5.69 Å². The van der Waals surface area contributed by atoms with Crippen LogP contribution in [-0.2, 0) is 6.18 Å². The van der Waals surface area contributed by atoms with Crippen LogP contribution in [0, 0.1) is 10.1 Å². The fourth-order valence-electron chi connectivity index (χ4n) is 1.62. The SMILES string of the molecule is O=C(O)c1cc(C(F)(F)F)ccc1-n1cc([N+](=O)[O-])cn1. The van der Waals surface area contributed by atoms with Crippen LogP contribution in [0.3, 0.4) is 0 Å². The van der Waals surface area contributed by atoms with Gasteiger partial charge in [0, 0.05) is 0 Å². The van der Waals surface area contributed by atoms with Crippen molar-refractivity contribution in [1.82, 2.24) is 9.78 Å². The largest absolute Gasteiger partial charge is 0.478 e. The summed E-state index contributed by atoms with van der Waals surface area (Å²) in [5.74, 6) is -1.60. The van der Waals surface area contributed by atoms with Crippen molar-refractivity contribution in [1.29, 1.82) is 0 Å². The Morgan fingerprint density at radius 1 is 1.38 bits per heavy atom. The number of benzene rings is 1. The molecular weight excluding hydrogens is 295 g/mol. The Morgan fingerprint density at radius 2 is 2.05 bits per heavy atom. The number of hydrogen-bond acceptors (Lipinski definition) is 4.